The molecule has 0 amide bonds. The average Bonchev–Trinajstić information content (AvgIpc) is 2.27. The standard InChI is InChI=1S/C13H15N3O2S/c1-9-3-4-12(11(14)7-9)19(17,18)16-13-8-10(2)5-6-15-13/h3-8H,14H2,1-2H3,(H,15,16). The smallest absolute Gasteiger partial charge is 0.265 e. The van der Waals surface area contributed by atoms with Crippen molar-refractivity contribution in [3.8, 4) is 0 Å². The van der Waals surface area contributed by atoms with Crippen molar-refractivity contribution in [1.82, 2.24) is 4.98 Å². The molecule has 2 aromatic rings. The Morgan fingerprint density at radius 2 is 1.79 bits per heavy atom. The number of aromatic nitrogens is 1. The second-order valence-corrected chi connectivity index (χ2v) is 6.02. The fourth-order valence-electron chi connectivity index (χ4n) is 1.70. The summed E-state index contributed by atoms with van der Waals surface area (Å²) >= 11 is 0. The number of aryl methyl sites for hydroxylation is 2. The maximum Gasteiger partial charge on any atom is 0.265 e. The van der Waals surface area contributed by atoms with Gasteiger partial charge in [-0.3, -0.25) is 4.72 Å². The van der Waals surface area contributed by atoms with Gasteiger partial charge in [0.15, 0.2) is 0 Å². The van der Waals surface area contributed by atoms with E-state index < -0.39 is 10.0 Å². The minimum absolute atomic E-state index is 0.0569. The van der Waals surface area contributed by atoms with Gasteiger partial charge in [0.05, 0.1) is 5.69 Å². The number of pyridine rings is 1. The molecule has 0 saturated carbocycles. The summed E-state index contributed by atoms with van der Waals surface area (Å²) in [7, 11) is -3.72. The van der Waals surface area contributed by atoms with Crippen LogP contribution < -0.4 is 10.5 Å². The van der Waals surface area contributed by atoms with E-state index in [1.807, 2.05) is 13.8 Å². The van der Waals surface area contributed by atoms with Crippen LogP contribution in [0.25, 0.3) is 0 Å². The highest BCUT2D eigenvalue weighted by Crippen LogP contribution is 2.22. The largest absolute Gasteiger partial charge is 0.398 e. The lowest BCUT2D eigenvalue weighted by atomic mass is 10.2. The van der Waals surface area contributed by atoms with Gasteiger partial charge in [0, 0.05) is 6.20 Å². The van der Waals surface area contributed by atoms with Gasteiger partial charge in [-0.25, -0.2) is 13.4 Å². The molecular formula is C13H15N3O2S. The number of hydrogen-bond donors (Lipinski definition) is 2. The lowest BCUT2D eigenvalue weighted by molar-refractivity contribution is 0.601. The quantitative estimate of drug-likeness (QED) is 0.841. The van der Waals surface area contributed by atoms with Crippen LogP contribution in [-0.4, -0.2) is 13.4 Å². The van der Waals surface area contributed by atoms with Crippen LogP contribution in [0.3, 0.4) is 0 Å². The van der Waals surface area contributed by atoms with Crippen LogP contribution in [0.2, 0.25) is 0 Å². The SMILES string of the molecule is Cc1ccnc(NS(=O)(=O)c2ccc(C)cc2N)c1. The lowest BCUT2D eigenvalue weighted by Crippen LogP contribution is -2.15. The van der Waals surface area contributed by atoms with Crippen LogP contribution in [0.15, 0.2) is 41.4 Å². The Balaban J connectivity index is 2.38. The topological polar surface area (TPSA) is 85.1 Å². The molecule has 0 fully saturated rings. The van der Waals surface area contributed by atoms with Crippen molar-refractivity contribution in [2.45, 2.75) is 18.7 Å². The Labute approximate surface area is 112 Å². The highest BCUT2D eigenvalue weighted by atomic mass is 32.2. The maximum atomic E-state index is 12.2. The van der Waals surface area contributed by atoms with Crippen LogP contribution >= 0.6 is 0 Å². The van der Waals surface area contributed by atoms with Gasteiger partial charge >= 0.3 is 0 Å². The summed E-state index contributed by atoms with van der Waals surface area (Å²) < 4.78 is 26.8. The minimum Gasteiger partial charge on any atom is -0.398 e. The van der Waals surface area contributed by atoms with Gasteiger partial charge in [0.1, 0.15) is 10.7 Å². The Bertz CT molecular complexity index is 712. The van der Waals surface area contributed by atoms with Crippen molar-refractivity contribution in [1.29, 1.82) is 0 Å². The summed E-state index contributed by atoms with van der Waals surface area (Å²) in [5.74, 6) is 0.278. The summed E-state index contributed by atoms with van der Waals surface area (Å²) in [6.07, 6.45) is 1.55. The molecule has 0 aliphatic rings. The average molecular weight is 277 g/mol. The van der Waals surface area contributed by atoms with Crippen molar-refractivity contribution in [2.75, 3.05) is 10.5 Å². The Kier molecular flexibility index (Phi) is 3.44. The Morgan fingerprint density at radius 3 is 2.42 bits per heavy atom. The molecule has 0 aliphatic heterocycles. The molecule has 0 unspecified atom stereocenters. The predicted molar refractivity (Wildman–Crippen MR) is 75.4 cm³/mol. The van der Waals surface area contributed by atoms with Crippen molar-refractivity contribution < 1.29 is 8.42 Å². The monoisotopic (exact) mass is 277 g/mol. The Hall–Kier alpha value is -2.08. The van der Waals surface area contributed by atoms with Crippen LogP contribution in [0.1, 0.15) is 11.1 Å². The third kappa shape index (κ3) is 3.03. The molecular weight excluding hydrogens is 262 g/mol. The van der Waals surface area contributed by atoms with Crippen molar-refractivity contribution in [2.24, 2.45) is 0 Å². The summed E-state index contributed by atoms with van der Waals surface area (Å²) in [5.41, 5.74) is 7.80. The van der Waals surface area contributed by atoms with Gasteiger partial charge in [0.25, 0.3) is 10.0 Å². The van der Waals surface area contributed by atoms with Gasteiger partial charge in [-0.1, -0.05) is 6.07 Å². The molecule has 0 bridgehead atoms. The molecule has 0 saturated heterocycles. The second kappa shape index (κ2) is 4.89. The molecule has 0 aliphatic carbocycles. The minimum atomic E-state index is -3.72. The molecule has 2 rings (SSSR count). The first-order valence-corrected chi connectivity index (χ1v) is 7.18. The third-order valence-corrected chi connectivity index (χ3v) is 4.04. The lowest BCUT2D eigenvalue weighted by Gasteiger charge is -2.10. The van der Waals surface area contributed by atoms with Crippen LogP contribution in [0.5, 0.6) is 0 Å². The fraction of sp³-hybridized carbons (Fsp3) is 0.154. The molecule has 0 spiro atoms. The molecule has 1 aromatic carbocycles. The second-order valence-electron chi connectivity index (χ2n) is 4.37. The zero-order chi connectivity index (χ0) is 14.0. The van der Waals surface area contributed by atoms with E-state index in [0.29, 0.717) is 0 Å². The molecule has 1 aromatic heterocycles. The number of nitrogens with one attached hydrogen (secondary N) is 1. The van der Waals surface area contributed by atoms with E-state index in [4.69, 9.17) is 5.73 Å². The van der Waals surface area contributed by atoms with Crippen molar-refractivity contribution in [3.63, 3.8) is 0 Å². The number of nitrogens with zero attached hydrogens (tertiary/aromatic N) is 1. The first kappa shape index (κ1) is 13.4. The zero-order valence-corrected chi connectivity index (χ0v) is 11.5. The molecule has 6 heteroatoms. The molecule has 5 nitrogen and oxygen atoms in total. The summed E-state index contributed by atoms with van der Waals surface area (Å²) in [5, 5.41) is 0. The zero-order valence-electron chi connectivity index (χ0n) is 10.7. The highest BCUT2D eigenvalue weighted by Gasteiger charge is 2.17. The van der Waals surface area contributed by atoms with E-state index in [1.165, 1.54) is 6.07 Å². The Morgan fingerprint density at radius 1 is 1.11 bits per heavy atom. The van der Waals surface area contributed by atoms with E-state index in [9.17, 15) is 8.42 Å². The number of rotatable bonds is 3. The van der Waals surface area contributed by atoms with Gasteiger partial charge in [-0.2, -0.15) is 0 Å². The van der Waals surface area contributed by atoms with E-state index in [2.05, 4.69) is 9.71 Å². The van der Waals surface area contributed by atoms with Gasteiger partial charge in [0.2, 0.25) is 0 Å². The van der Waals surface area contributed by atoms with Crippen molar-refractivity contribution >= 4 is 21.5 Å². The molecule has 0 radical (unpaired) electrons. The number of nitrogen functional groups attached to an aromatic ring is 1. The molecule has 19 heavy (non-hydrogen) atoms. The number of hydrogen-bond acceptors (Lipinski definition) is 4. The van der Waals surface area contributed by atoms with E-state index in [-0.39, 0.29) is 16.4 Å². The fourth-order valence-corrected chi connectivity index (χ4v) is 2.81. The predicted octanol–water partition coefficient (Wildman–Crippen LogP) is 2.08. The normalized spacial score (nSPS) is 11.3. The van der Waals surface area contributed by atoms with E-state index in [1.54, 1.807) is 30.5 Å². The maximum absolute atomic E-state index is 12.2. The van der Waals surface area contributed by atoms with Gasteiger partial charge < -0.3 is 5.73 Å². The number of nitrogens with two attached hydrogens (primary N) is 1. The summed E-state index contributed by atoms with van der Waals surface area (Å²) in [4.78, 5) is 4.02. The molecule has 1 heterocycles. The highest BCUT2D eigenvalue weighted by molar-refractivity contribution is 7.92. The van der Waals surface area contributed by atoms with Crippen molar-refractivity contribution in [3.05, 3.63) is 47.7 Å². The first-order valence-electron chi connectivity index (χ1n) is 5.70. The van der Waals surface area contributed by atoms with Gasteiger partial charge in [-0.05, 0) is 49.2 Å². The van der Waals surface area contributed by atoms with Crippen LogP contribution in [-0.2, 0) is 10.0 Å². The molecule has 0 atom stereocenters. The number of benzene rings is 1. The molecule has 100 valence electrons. The number of sulfonamides is 1. The summed E-state index contributed by atoms with van der Waals surface area (Å²) in [6.45, 7) is 3.71. The molecule has 3 N–H and O–H groups in total. The third-order valence-electron chi connectivity index (χ3n) is 2.61. The van der Waals surface area contributed by atoms with Gasteiger partial charge in [-0.15, -0.1) is 0 Å². The number of anilines is 2. The van der Waals surface area contributed by atoms with Crippen LogP contribution in [0, 0.1) is 13.8 Å². The van der Waals surface area contributed by atoms with Crippen LogP contribution in [0.4, 0.5) is 11.5 Å². The van der Waals surface area contributed by atoms with E-state index >= 15 is 0 Å². The van der Waals surface area contributed by atoms with E-state index in [0.717, 1.165) is 11.1 Å². The first-order chi connectivity index (χ1) is 8.88. The summed E-state index contributed by atoms with van der Waals surface area (Å²) in [6, 6.07) is 8.26.